The van der Waals surface area contributed by atoms with Gasteiger partial charge >= 0.3 is 5.97 Å². The Labute approximate surface area is 120 Å². The van der Waals surface area contributed by atoms with Crippen LogP contribution in [0.4, 0.5) is 4.39 Å². The second-order valence-electron chi connectivity index (χ2n) is 4.20. The average Bonchev–Trinajstić information content (AvgIpc) is 2.41. The van der Waals surface area contributed by atoms with E-state index in [0.717, 1.165) is 17.0 Å². The summed E-state index contributed by atoms with van der Waals surface area (Å²) in [5.74, 6) is -3.29. The van der Waals surface area contributed by atoms with E-state index in [1.165, 1.54) is 18.2 Å². The molecule has 0 aliphatic carbocycles. The lowest BCUT2D eigenvalue weighted by atomic mass is 10.1. The topological polar surface area (TPSA) is 101 Å². The van der Waals surface area contributed by atoms with Gasteiger partial charge in [-0.1, -0.05) is 6.07 Å². The van der Waals surface area contributed by atoms with Crippen molar-refractivity contribution in [2.75, 3.05) is 13.1 Å². The smallest absolute Gasteiger partial charge is 0.328 e. The number of rotatable bonds is 6. The van der Waals surface area contributed by atoms with E-state index in [4.69, 9.17) is 10.8 Å². The number of hydrogen-bond acceptors (Lipinski definition) is 3. The third kappa shape index (κ3) is 4.72. The van der Waals surface area contributed by atoms with Crippen LogP contribution in [0, 0.1) is 5.82 Å². The van der Waals surface area contributed by atoms with Crippen LogP contribution in [0.5, 0.6) is 0 Å². The Balaban J connectivity index is 3.00. The van der Waals surface area contributed by atoms with E-state index >= 15 is 0 Å². The van der Waals surface area contributed by atoms with E-state index in [0.29, 0.717) is 5.56 Å². The van der Waals surface area contributed by atoms with Crippen molar-refractivity contribution in [2.24, 2.45) is 5.73 Å². The molecule has 0 fully saturated rings. The maximum atomic E-state index is 13.9. The monoisotopic (exact) mass is 294 g/mol. The largest absolute Gasteiger partial charge is 0.478 e. The van der Waals surface area contributed by atoms with Gasteiger partial charge in [0.05, 0.1) is 12.1 Å². The van der Waals surface area contributed by atoms with Gasteiger partial charge in [0.2, 0.25) is 5.91 Å². The Kier molecular flexibility index (Phi) is 5.59. The minimum absolute atomic E-state index is 0.203. The number of carbonyl (C=O) groups excluding carboxylic acids is 2. The molecular formula is C14H15FN2O4. The molecule has 0 aliphatic heterocycles. The van der Waals surface area contributed by atoms with Crippen molar-refractivity contribution in [3.63, 3.8) is 0 Å². The molecule has 0 atom stereocenters. The van der Waals surface area contributed by atoms with E-state index in [-0.39, 0.29) is 18.7 Å². The van der Waals surface area contributed by atoms with Gasteiger partial charge in [0.25, 0.3) is 5.91 Å². The number of aliphatic carboxylic acids is 1. The molecule has 1 aromatic carbocycles. The number of amides is 2. The van der Waals surface area contributed by atoms with E-state index < -0.39 is 23.6 Å². The lowest BCUT2D eigenvalue weighted by Gasteiger charge is -2.19. The van der Waals surface area contributed by atoms with Crippen LogP contribution in [0.15, 0.2) is 24.3 Å². The number of carboxylic acids is 1. The lowest BCUT2D eigenvalue weighted by molar-refractivity contribution is -0.131. The van der Waals surface area contributed by atoms with Crippen LogP contribution in [0.2, 0.25) is 0 Å². The Hall–Kier alpha value is -2.70. The predicted molar refractivity (Wildman–Crippen MR) is 73.8 cm³/mol. The van der Waals surface area contributed by atoms with Crippen molar-refractivity contribution in [1.29, 1.82) is 0 Å². The normalized spacial score (nSPS) is 10.6. The highest BCUT2D eigenvalue weighted by Crippen LogP contribution is 2.14. The summed E-state index contributed by atoms with van der Waals surface area (Å²) < 4.78 is 13.9. The molecule has 0 radical (unpaired) electrons. The van der Waals surface area contributed by atoms with Gasteiger partial charge in [-0.15, -0.1) is 0 Å². The molecule has 0 aromatic heterocycles. The maximum absolute atomic E-state index is 13.9. The summed E-state index contributed by atoms with van der Waals surface area (Å²) in [6.45, 7) is 1.56. The molecule has 0 spiro atoms. The fourth-order valence-electron chi connectivity index (χ4n) is 1.66. The third-order valence-electron chi connectivity index (χ3n) is 2.66. The van der Waals surface area contributed by atoms with E-state index in [1.54, 1.807) is 6.92 Å². The molecule has 0 heterocycles. The molecule has 21 heavy (non-hydrogen) atoms. The lowest BCUT2D eigenvalue weighted by Crippen LogP contribution is -2.38. The number of nitrogens with zero attached hydrogens (tertiary/aromatic N) is 1. The molecule has 7 heteroatoms. The number of nitrogens with two attached hydrogens (primary N) is 1. The van der Waals surface area contributed by atoms with Crippen molar-refractivity contribution >= 4 is 23.9 Å². The number of likely N-dealkylation sites (N-methyl/N-ethyl adjacent to an activating group) is 1. The fourth-order valence-corrected chi connectivity index (χ4v) is 1.66. The first-order valence-corrected chi connectivity index (χ1v) is 6.13. The zero-order valence-corrected chi connectivity index (χ0v) is 11.4. The van der Waals surface area contributed by atoms with Gasteiger partial charge in [0.15, 0.2) is 0 Å². The zero-order chi connectivity index (χ0) is 16.0. The van der Waals surface area contributed by atoms with Crippen molar-refractivity contribution in [1.82, 2.24) is 4.90 Å². The van der Waals surface area contributed by atoms with Crippen LogP contribution in [-0.2, 0) is 9.59 Å². The number of carboxylic acid groups (broad SMARTS) is 1. The second kappa shape index (κ2) is 7.18. The van der Waals surface area contributed by atoms with E-state index in [1.807, 2.05) is 0 Å². The Morgan fingerprint density at radius 3 is 2.52 bits per heavy atom. The quantitative estimate of drug-likeness (QED) is 0.760. The molecule has 1 aromatic rings. The third-order valence-corrected chi connectivity index (χ3v) is 2.66. The maximum Gasteiger partial charge on any atom is 0.328 e. The standard InChI is InChI=1S/C14H15FN2O4/c1-2-17(8-12(16)18)14(21)10-5-3-9(7-11(10)15)4-6-13(19)20/h3-7H,2,8H2,1H3,(H2,16,18)(H,19,20)/b6-4+. The molecule has 0 aliphatic rings. The van der Waals surface area contributed by atoms with Crippen molar-refractivity contribution in [3.05, 3.63) is 41.2 Å². The Morgan fingerprint density at radius 1 is 1.38 bits per heavy atom. The SMILES string of the molecule is CCN(CC(N)=O)C(=O)c1ccc(/C=C/C(=O)O)cc1F. The highest BCUT2D eigenvalue weighted by molar-refractivity contribution is 5.96. The van der Waals surface area contributed by atoms with Gasteiger partial charge in [0, 0.05) is 12.6 Å². The first-order chi connectivity index (χ1) is 9.85. The van der Waals surface area contributed by atoms with Crippen molar-refractivity contribution in [2.45, 2.75) is 6.92 Å². The molecular weight excluding hydrogens is 279 g/mol. The minimum Gasteiger partial charge on any atom is -0.478 e. The van der Waals surface area contributed by atoms with Crippen LogP contribution >= 0.6 is 0 Å². The number of primary amides is 1. The zero-order valence-electron chi connectivity index (χ0n) is 11.4. The molecule has 0 saturated carbocycles. The summed E-state index contributed by atoms with van der Waals surface area (Å²) in [4.78, 5) is 34.4. The molecule has 2 amide bonds. The highest BCUT2D eigenvalue weighted by atomic mass is 19.1. The molecule has 0 unspecified atom stereocenters. The van der Waals surface area contributed by atoms with Crippen LogP contribution < -0.4 is 5.73 Å². The second-order valence-corrected chi connectivity index (χ2v) is 4.20. The molecule has 0 saturated heterocycles. The van der Waals surface area contributed by atoms with Gasteiger partial charge < -0.3 is 15.7 Å². The van der Waals surface area contributed by atoms with Gasteiger partial charge in [-0.3, -0.25) is 9.59 Å². The summed E-state index contributed by atoms with van der Waals surface area (Å²) in [7, 11) is 0. The van der Waals surface area contributed by atoms with Gasteiger partial charge in [-0.2, -0.15) is 0 Å². The number of halogens is 1. The minimum atomic E-state index is -1.16. The molecule has 3 N–H and O–H groups in total. The number of hydrogen-bond donors (Lipinski definition) is 2. The molecule has 0 bridgehead atoms. The summed E-state index contributed by atoms with van der Waals surface area (Å²) in [6, 6.07) is 3.70. The van der Waals surface area contributed by atoms with Crippen molar-refractivity contribution < 1.29 is 23.9 Å². The van der Waals surface area contributed by atoms with Crippen molar-refractivity contribution in [3.8, 4) is 0 Å². The van der Waals surface area contributed by atoms with Gasteiger partial charge in [-0.05, 0) is 30.7 Å². The fraction of sp³-hybridized carbons (Fsp3) is 0.214. The van der Waals surface area contributed by atoms with E-state index in [2.05, 4.69) is 0 Å². The molecule has 1 rings (SSSR count). The Bertz CT molecular complexity index is 599. The van der Waals surface area contributed by atoms with Crippen LogP contribution in [-0.4, -0.2) is 40.9 Å². The average molecular weight is 294 g/mol. The number of benzene rings is 1. The summed E-state index contributed by atoms with van der Waals surface area (Å²) in [5, 5.41) is 8.49. The molecule has 6 nitrogen and oxygen atoms in total. The van der Waals surface area contributed by atoms with Gasteiger partial charge in [0.1, 0.15) is 5.82 Å². The predicted octanol–water partition coefficient (Wildman–Crippen LogP) is 0.871. The summed E-state index contributed by atoms with van der Waals surface area (Å²) in [5.41, 5.74) is 5.13. The van der Waals surface area contributed by atoms with Gasteiger partial charge in [-0.25, -0.2) is 9.18 Å². The summed E-state index contributed by atoms with van der Waals surface area (Å²) in [6.07, 6.45) is 2.07. The first kappa shape index (κ1) is 16.4. The summed E-state index contributed by atoms with van der Waals surface area (Å²) >= 11 is 0. The molecule has 112 valence electrons. The van der Waals surface area contributed by atoms with Crippen LogP contribution in [0.1, 0.15) is 22.8 Å². The highest BCUT2D eigenvalue weighted by Gasteiger charge is 2.19. The Morgan fingerprint density at radius 2 is 2.05 bits per heavy atom. The van der Waals surface area contributed by atoms with Crippen LogP contribution in [0.3, 0.4) is 0 Å². The first-order valence-electron chi connectivity index (χ1n) is 6.13. The van der Waals surface area contributed by atoms with E-state index in [9.17, 15) is 18.8 Å². The number of carbonyl (C=O) groups is 3. The van der Waals surface area contributed by atoms with Crippen LogP contribution in [0.25, 0.3) is 6.08 Å².